The average Bonchev–Trinajstić information content (AvgIpc) is 2.83. The summed E-state index contributed by atoms with van der Waals surface area (Å²) in [5.41, 5.74) is 1.46. The summed E-state index contributed by atoms with van der Waals surface area (Å²) in [5.74, 6) is -0.185. The predicted molar refractivity (Wildman–Crippen MR) is 88.9 cm³/mol. The van der Waals surface area contributed by atoms with Gasteiger partial charge in [-0.05, 0) is 45.0 Å². The first-order chi connectivity index (χ1) is 10.7. The highest BCUT2D eigenvalue weighted by molar-refractivity contribution is 7.92. The number of anilines is 2. The van der Waals surface area contributed by atoms with E-state index < -0.39 is 10.0 Å². The Morgan fingerprint density at radius 3 is 2.22 bits per heavy atom. The lowest BCUT2D eigenvalue weighted by Gasteiger charge is -2.08. The van der Waals surface area contributed by atoms with Crippen LogP contribution < -0.4 is 10.0 Å². The van der Waals surface area contributed by atoms with Gasteiger partial charge in [-0.2, -0.15) is 5.10 Å². The van der Waals surface area contributed by atoms with Crippen molar-refractivity contribution in [2.45, 2.75) is 38.6 Å². The van der Waals surface area contributed by atoms with E-state index in [-0.39, 0.29) is 16.8 Å². The van der Waals surface area contributed by atoms with Crippen molar-refractivity contribution in [1.82, 2.24) is 9.78 Å². The van der Waals surface area contributed by atoms with Crippen molar-refractivity contribution >= 4 is 27.3 Å². The van der Waals surface area contributed by atoms with Gasteiger partial charge in [-0.3, -0.25) is 14.2 Å². The lowest BCUT2D eigenvalue weighted by molar-refractivity contribution is -0.114. The standard InChI is InChI=1S/C15H20N4O3S/c1-10(2)19-9-15(11(3)17-19)23(21,22)18-14-7-5-13(6-8-14)16-12(4)20/h5-10,18H,1-4H3,(H,16,20). The summed E-state index contributed by atoms with van der Waals surface area (Å²) in [6.45, 7) is 6.92. The summed E-state index contributed by atoms with van der Waals surface area (Å²) in [6, 6.07) is 6.51. The number of hydrogen-bond donors (Lipinski definition) is 2. The number of aryl methyl sites for hydroxylation is 1. The molecule has 0 aliphatic heterocycles. The zero-order valence-electron chi connectivity index (χ0n) is 13.5. The van der Waals surface area contributed by atoms with Crippen LogP contribution in [0.5, 0.6) is 0 Å². The molecule has 0 bridgehead atoms. The van der Waals surface area contributed by atoms with E-state index in [1.54, 1.807) is 35.9 Å². The van der Waals surface area contributed by atoms with Crippen molar-refractivity contribution in [2.75, 3.05) is 10.0 Å². The third kappa shape index (κ3) is 4.10. The molecule has 1 aromatic carbocycles. The zero-order valence-corrected chi connectivity index (χ0v) is 14.3. The Morgan fingerprint density at radius 2 is 1.74 bits per heavy atom. The fourth-order valence-corrected chi connectivity index (χ4v) is 3.26. The Labute approximate surface area is 135 Å². The van der Waals surface area contributed by atoms with Crippen molar-refractivity contribution in [2.24, 2.45) is 0 Å². The monoisotopic (exact) mass is 336 g/mol. The number of nitrogens with zero attached hydrogens (tertiary/aromatic N) is 2. The van der Waals surface area contributed by atoms with E-state index in [1.165, 1.54) is 13.1 Å². The summed E-state index contributed by atoms with van der Waals surface area (Å²) >= 11 is 0. The van der Waals surface area contributed by atoms with E-state index >= 15 is 0 Å². The first kappa shape index (κ1) is 17.0. The van der Waals surface area contributed by atoms with Gasteiger partial charge >= 0.3 is 0 Å². The number of rotatable bonds is 5. The van der Waals surface area contributed by atoms with Crippen molar-refractivity contribution in [3.8, 4) is 0 Å². The van der Waals surface area contributed by atoms with E-state index in [1.807, 2.05) is 13.8 Å². The molecule has 0 saturated carbocycles. The van der Waals surface area contributed by atoms with E-state index in [4.69, 9.17) is 0 Å². The molecule has 23 heavy (non-hydrogen) atoms. The van der Waals surface area contributed by atoms with Crippen LogP contribution in [0.2, 0.25) is 0 Å². The minimum atomic E-state index is -3.71. The molecule has 8 heteroatoms. The number of hydrogen-bond acceptors (Lipinski definition) is 4. The fraction of sp³-hybridized carbons (Fsp3) is 0.333. The second-order valence-electron chi connectivity index (χ2n) is 5.52. The molecule has 2 N–H and O–H groups in total. The normalized spacial score (nSPS) is 11.5. The molecule has 0 fully saturated rings. The van der Waals surface area contributed by atoms with Gasteiger partial charge < -0.3 is 5.32 Å². The highest BCUT2D eigenvalue weighted by Crippen LogP contribution is 2.21. The smallest absolute Gasteiger partial charge is 0.265 e. The Morgan fingerprint density at radius 1 is 1.17 bits per heavy atom. The maximum Gasteiger partial charge on any atom is 0.265 e. The summed E-state index contributed by atoms with van der Waals surface area (Å²) in [5, 5.41) is 6.84. The van der Waals surface area contributed by atoms with Gasteiger partial charge in [0.25, 0.3) is 10.0 Å². The minimum Gasteiger partial charge on any atom is -0.326 e. The van der Waals surface area contributed by atoms with E-state index in [0.717, 1.165) is 0 Å². The van der Waals surface area contributed by atoms with Crippen molar-refractivity contribution < 1.29 is 13.2 Å². The second-order valence-corrected chi connectivity index (χ2v) is 7.17. The molecule has 7 nitrogen and oxygen atoms in total. The highest BCUT2D eigenvalue weighted by Gasteiger charge is 2.21. The van der Waals surface area contributed by atoms with Crippen LogP contribution in [-0.2, 0) is 14.8 Å². The molecule has 2 aromatic rings. The Bertz CT molecular complexity index is 808. The van der Waals surface area contributed by atoms with E-state index in [9.17, 15) is 13.2 Å². The molecule has 1 amide bonds. The molecule has 2 rings (SSSR count). The molecule has 1 aromatic heterocycles. The van der Waals surface area contributed by atoms with Gasteiger partial charge in [-0.1, -0.05) is 0 Å². The first-order valence-corrected chi connectivity index (χ1v) is 8.63. The Hall–Kier alpha value is -2.35. The van der Waals surface area contributed by atoms with Crippen LogP contribution in [0.25, 0.3) is 0 Å². The van der Waals surface area contributed by atoms with Gasteiger partial charge in [-0.25, -0.2) is 8.42 Å². The molecule has 0 aliphatic rings. The molecule has 0 radical (unpaired) electrons. The largest absolute Gasteiger partial charge is 0.326 e. The number of benzene rings is 1. The average molecular weight is 336 g/mol. The summed E-state index contributed by atoms with van der Waals surface area (Å²) in [7, 11) is -3.71. The van der Waals surface area contributed by atoms with Crippen molar-refractivity contribution in [1.29, 1.82) is 0 Å². The third-order valence-electron chi connectivity index (χ3n) is 3.15. The van der Waals surface area contributed by atoms with Crippen LogP contribution in [0, 0.1) is 6.92 Å². The number of aromatic nitrogens is 2. The summed E-state index contributed by atoms with van der Waals surface area (Å²) < 4.78 is 29.1. The maximum absolute atomic E-state index is 12.5. The number of nitrogens with one attached hydrogen (secondary N) is 2. The summed E-state index contributed by atoms with van der Waals surface area (Å²) in [4.78, 5) is 11.1. The van der Waals surface area contributed by atoms with Gasteiger partial charge in [0.1, 0.15) is 4.90 Å². The topological polar surface area (TPSA) is 93.1 Å². The van der Waals surface area contributed by atoms with Crippen LogP contribution in [-0.4, -0.2) is 24.1 Å². The quantitative estimate of drug-likeness (QED) is 0.877. The predicted octanol–water partition coefficient (Wildman–Crippen LogP) is 2.53. The van der Waals surface area contributed by atoms with Crippen LogP contribution >= 0.6 is 0 Å². The van der Waals surface area contributed by atoms with Gasteiger partial charge in [0.05, 0.1) is 5.69 Å². The van der Waals surface area contributed by atoms with Gasteiger partial charge in [0, 0.05) is 30.5 Å². The molecule has 124 valence electrons. The Kier molecular flexibility index (Phi) is 4.74. The molecule has 0 unspecified atom stereocenters. The lowest BCUT2D eigenvalue weighted by Crippen LogP contribution is -2.13. The molecule has 0 spiro atoms. The van der Waals surface area contributed by atoms with E-state index in [0.29, 0.717) is 17.1 Å². The molecule has 1 heterocycles. The second kappa shape index (κ2) is 6.41. The minimum absolute atomic E-state index is 0.0783. The number of carbonyl (C=O) groups is 1. The molecule has 0 saturated heterocycles. The van der Waals surface area contributed by atoms with Gasteiger partial charge in [0.15, 0.2) is 0 Å². The maximum atomic E-state index is 12.5. The molecular formula is C15H20N4O3S. The zero-order chi connectivity index (χ0) is 17.2. The molecular weight excluding hydrogens is 316 g/mol. The van der Waals surface area contributed by atoms with Crippen molar-refractivity contribution in [3.05, 3.63) is 36.2 Å². The number of amides is 1. The molecule has 0 aliphatic carbocycles. The highest BCUT2D eigenvalue weighted by atomic mass is 32.2. The molecule has 0 atom stereocenters. The van der Waals surface area contributed by atoms with E-state index in [2.05, 4.69) is 15.1 Å². The third-order valence-corrected chi connectivity index (χ3v) is 4.63. The number of carbonyl (C=O) groups excluding carboxylic acids is 1. The Balaban J connectivity index is 2.22. The van der Waals surface area contributed by atoms with Gasteiger partial charge in [-0.15, -0.1) is 0 Å². The van der Waals surface area contributed by atoms with Crippen LogP contribution in [0.1, 0.15) is 32.5 Å². The number of sulfonamides is 1. The van der Waals surface area contributed by atoms with Crippen molar-refractivity contribution in [3.63, 3.8) is 0 Å². The lowest BCUT2D eigenvalue weighted by atomic mass is 10.3. The van der Waals surface area contributed by atoms with Crippen LogP contribution in [0.4, 0.5) is 11.4 Å². The SMILES string of the molecule is CC(=O)Nc1ccc(NS(=O)(=O)c2cn(C(C)C)nc2C)cc1. The first-order valence-electron chi connectivity index (χ1n) is 7.15. The van der Waals surface area contributed by atoms with Crippen LogP contribution in [0.3, 0.4) is 0 Å². The fourth-order valence-electron chi connectivity index (χ4n) is 2.03. The van der Waals surface area contributed by atoms with Crippen LogP contribution in [0.15, 0.2) is 35.4 Å². The summed E-state index contributed by atoms with van der Waals surface area (Å²) in [6.07, 6.45) is 1.52. The van der Waals surface area contributed by atoms with Gasteiger partial charge in [0.2, 0.25) is 5.91 Å².